The van der Waals surface area contributed by atoms with Crippen molar-refractivity contribution in [2.45, 2.75) is 19.4 Å². The number of thioether (sulfide) groups is 1. The van der Waals surface area contributed by atoms with E-state index in [0.717, 1.165) is 5.75 Å². The topological polar surface area (TPSA) is 75.6 Å². The van der Waals surface area contributed by atoms with Crippen LogP contribution in [0.5, 0.6) is 0 Å². The summed E-state index contributed by atoms with van der Waals surface area (Å²) in [6, 6.07) is -0.777. The zero-order valence-corrected chi connectivity index (χ0v) is 9.80. The zero-order chi connectivity index (χ0) is 11.7. The Morgan fingerprint density at radius 1 is 1.53 bits per heavy atom. The van der Waals surface area contributed by atoms with Gasteiger partial charge in [-0.3, -0.25) is 4.79 Å². The monoisotopic (exact) mass is 235 g/mol. The molecule has 0 rings (SSSR count). The average molecular weight is 235 g/mol. The second kappa shape index (κ2) is 8.55. The molecule has 0 aliphatic rings. The Hall–Kier alpha value is -0.750. The molecule has 2 N–H and O–H groups in total. The van der Waals surface area contributed by atoms with Crippen molar-refractivity contribution in [3.05, 3.63) is 0 Å². The Morgan fingerprint density at radius 2 is 2.20 bits per heavy atom. The number of carbonyl (C=O) groups excluding carboxylic acids is 1. The van der Waals surface area contributed by atoms with Crippen molar-refractivity contribution in [1.82, 2.24) is 5.32 Å². The Kier molecular flexibility index (Phi) is 8.12. The highest BCUT2D eigenvalue weighted by Gasteiger charge is 2.16. The standard InChI is InChI=1S/C9H17NO4S/c1-3-7(9(12)13)10-8(11)6-15-5-4-14-2/h7H,3-6H2,1-2H3,(H,10,11)(H,12,13)/t7-/m0/s1. The highest BCUT2D eigenvalue weighted by Crippen LogP contribution is 1.99. The van der Waals surface area contributed by atoms with Crippen molar-refractivity contribution in [3.63, 3.8) is 0 Å². The molecular weight excluding hydrogens is 218 g/mol. The van der Waals surface area contributed by atoms with E-state index < -0.39 is 12.0 Å². The van der Waals surface area contributed by atoms with Crippen molar-refractivity contribution in [1.29, 1.82) is 0 Å². The Morgan fingerprint density at radius 3 is 2.67 bits per heavy atom. The lowest BCUT2D eigenvalue weighted by atomic mass is 10.2. The van der Waals surface area contributed by atoms with Gasteiger partial charge in [0.1, 0.15) is 6.04 Å². The number of hydrogen-bond donors (Lipinski definition) is 2. The summed E-state index contributed by atoms with van der Waals surface area (Å²) in [5, 5.41) is 11.1. The van der Waals surface area contributed by atoms with Crippen LogP contribution in [0, 0.1) is 0 Å². The van der Waals surface area contributed by atoms with Gasteiger partial charge in [0.2, 0.25) is 5.91 Å². The van der Waals surface area contributed by atoms with Crippen LogP contribution in [0.3, 0.4) is 0 Å². The molecule has 0 aliphatic carbocycles. The van der Waals surface area contributed by atoms with Crippen LogP contribution in [-0.4, -0.2) is 48.2 Å². The molecule has 0 heterocycles. The molecule has 15 heavy (non-hydrogen) atoms. The molecule has 0 aliphatic heterocycles. The van der Waals surface area contributed by atoms with E-state index in [1.807, 2.05) is 0 Å². The average Bonchev–Trinajstić information content (AvgIpc) is 2.20. The maximum atomic E-state index is 11.2. The van der Waals surface area contributed by atoms with E-state index in [-0.39, 0.29) is 11.7 Å². The number of carboxylic acid groups (broad SMARTS) is 1. The van der Waals surface area contributed by atoms with Crippen LogP contribution in [0.1, 0.15) is 13.3 Å². The summed E-state index contributed by atoms with van der Waals surface area (Å²) in [5.74, 6) is -0.237. The molecule has 0 aromatic heterocycles. The fourth-order valence-corrected chi connectivity index (χ4v) is 1.58. The van der Waals surface area contributed by atoms with Gasteiger partial charge in [0.05, 0.1) is 12.4 Å². The fraction of sp³-hybridized carbons (Fsp3) is 0.778. The molecule has 0 spiro atoms. The van der Waals surface area contributed by atoms with Crippen LogP contribution in [0.2, 0.25) is 0 Å². The van der Waals surface area contributed by atoms with E-state index in [9.17, 15) is 9.59 Å². The van der Waals surface area contributed by atoms with Gasteiger partial charge in [-0.05, 0) is 6.42 Å². The van der Waals surface area contributed by atoms with E-state index in [1.54, 1.807) is 14.0 Å². The lowest BCUT2D eigenvalue weighted by Crippen LogP contribution is -2.41. The van der Waals surface area contributed by atoms with Crippen molar-refractivity contribution in [2.24, 2.45) is 0 Å². The van der Waals surface area contributed by atoms with Gasteiger partial charge in [-0.2, -0.15) is 0 Å². The lowest BCUT2D eigenvalue weighted by Gasteiger charge is -2.11. The third-order valence-electron chi connectivity index (χ3n) is 1.71. The molecular formula is C9H17NO4S. The first kappa shape index (κ1) is 14.2. The van der Waals surface area contributed by atoms with Crippen molar-refractivity contribution < 1.29 is 19.4 Å². The first-order chi connectivity index (χ1) is 7.11. The predicted octanol–water partition coefficient (Wildman–Crippen LogP) is 0.345. The SMILES string of the molecule is CC[C@H](NC(=O)CSCCOC)C(=O)O. The summed E-state index contributed by atoms with van der Waals surface area (Å²) in [4.78, 5) is 21.8. The summed E-state index contributed by atoms with van der Waals surface area (Å²) >= 11 is 1.42. The lowest BCUT2D eigenvalue weighted by molar-refractivity contribution is -0.141. The quantitative estimate of drug-likeness (QED) is 0.594. The fourth-order valence-electron chi connectivity index (χ4n) is 0.882. The number of carbonyl (C=O) groups is 2. The number of hydrogen-bond acceptors (Lipinski definition) is 4. The van der Waals surface area contributed by atoms with Gasteiger partial charge >= 0.3 is 5.97 Å². The maximum Gasteiger partial charge on any atom is 0.326 e. The number of amides is 1. The van der Waals surface area contributed by atoms with Crippen LogP contribution in [0.4, 0.5) is 0 Å². The molecule has 0 bridgehead atoms. The van der Waals surface area contributed by atoms with Crippen LogP contribution in [0.15, 0.2) is 0 Å². The second-order valence-corrected chi connectivity index (χ2v) is 4.02. The summed E-state index contributed by atoms with van der Waals surface area (Å²) < 4.78 is 4.82. The third-order valence-corrected chi connectivity index (χ3v) is 2.63. The van der Waals surface area contributed by atoms with Gasteiger partial charge in [-0.25, -0.2) is 4.79 Å². The van der Waals surface area contributed by atoms with Crippen LogP contribution in [-0.2, 0) is 14.3 Å². The summed E-state index contributed by atoms with van der Waals surface area (Å²) in [5.41, 5.74) is 0. The maximum absolute atomic E-state index is 11.2. The third kappa shape index (κ3) is 7.21. The second-order valence-electron chi connectivity index (χ2n) is 2.91. The molecule has 0 aromatic carbocycles. The summed E-state index contributed by atoms with van der Waals surface area (Å²) in [6.07, 6.45) is 0.393. The molecule has 0 radical (unpaired) electrons. The van der Waals surface area contributed by atoms with Crippen LogP contribution in [0.25, 0.3) is 0 Å². The van der Waals surface area contributed by atoms with E-state index >= 15 is 0 Å². The molecule has 0 saturated carbocycles. The summed E-state index contributed by atoms with van der Waals surface area (Å²) in [7, 11) is 1.60. The Bertz CT molecular complexity index is 210. The molecule has 0 saturated heterocycles. The van der Waals surface area contributed by atoms with Crippen molar-refractivity contribution in [3.8, 4) is 0 Å². The van der Waals surface area contributed by atoms with Crippen LogP contribution >= 0.6 is 11.8 Å². The Labute approximate surface area is 93.6 Å². The molecule has 5 nitrogen and oxygen atoms in total. The Balaban J connectivity index is 3.67. The number of nitrogens with one attached hydrogen (secondary N) is 1. The van der Waals surface area contributed by atoms with E-state index in [1.165, 1.54) is 11.8 Å². The minimum atomic E-state index is -0.993. The van der Waals surface area contributed by atoms with Crippen LogP contribution < -0.4 is 5.32 Å². The number of rotatable bonds is 8. The first-order valence-electron chi connectivity index (χ1n) is 4.70. The number of methoxy groups -OCH3 is 1. The molecule has 0 aromatic rings. The van der Waals surface area contributed by atoms with E-state index in [4.69, 9.17) is 9.84 Å². The number of aliphatic carboxylic acids is 1. The number of carboxylic acids is 1. The molecule has 1 atom stereocenters. The van der Waals surface area contributed by atoms with Gasteiger partial charge in [0.25, 0.3) is 0 Å². The van der Waals surface area contributed by atoms with Gasteiger partial charge in [-0.15, -0.1) is 11.8 Å². The van der Waals surface area contributed by atoms with Gasteiger partial charge in [-0.1, -0.05) is 6.92 Å². The molecule has 0 fully saturated rings. The molecule has 88 valence electrons. The zero-order valence-electron chi connectivity index (χ0n) is 8.99. The molecule has 1 amide bonds. The highest BCUT2D eigenvalue weighted by molar-refractivity contribution is 7.99. The van der Waals surface area contributed by atoms with Gasteiger partial charge < -0.3 is 15.2 Å². The molecule has 0 unspecified atom stereocenters. The van der Waals surface area contributed by atoms with Gasteiger partial charge in [0, 0.05) is 12.9 Å². The van der Waals surface area contributed by atoms with Gasteiger partial charge in [0.15, 0.2) is 0 Å². The number of ether oxygens (including phenoxy) is 1. The summed E-state index contributed by atoms with van der Waals surface area (Å²) in [6.45, 7) is 2.31. The normalized spacial score (nSPS) is 12.1. The minimum Gasteiger partial charge on any atom is -0.480 e. The first-order valence-corrected chi connectivity index (χ1v) is 5.86. The highest BCUT2D eigenvalue weighted by atomic mass is 32.2. The van der Waals surface area contributed by atoms with E-state index in [2.05, 4.69) is 5.32 Å². The minimum absolute atomic E-state index is 0.245. The smallest absolute Gasteiger partial charge is 0.326 e. The van der Waals surface area contributed by atoms with Crippen molar-refractivity contribution in [2.75, 3.05) is 25.2 Å². The van der Waals surface area contributed by atoms with Crippen molar-refractivity contribution >= 4 is 23.6 Å². The predicted molar refractivity (Wildman–Crippen MR) is 59.1 cm³/mol. The molecule has 6 heteroatoms. The largest absolute Gasteiger partial charge is 0.480 e. The van der Waals surface area contributed by atoms with E-state index in [0.29, 0.717) is 13.0 Å².